The number of quaternary nitrogens is 2. The Labute approximate surface area is 490 Å². The second-order valence-electron chi connectivity index (χ2n) is 22.7. The van der Waals surface area contributed by atoms with Crippen LogP contribution in [0.15, 0.2) is 30.3 Å². The van der Waals surface area contributed by atoms with Crippen LogP contribution in [0.3, 0.4) is 0 Å². The average Bonchev–Trinajstić information content (AvgIpc) is 3.64. The molecular weight excluding hydrogens is 1090 g/mol. The van der Waals surface area contributed by atoms with E-state index in [0.717, 1.165) is 19.9 Å². The normalized spacial score (nSPS) is 18.6. The van der Waals surface area contributed by atoms with Crippen molar-refractivity contribution in [3.05, 3.63) is 35.9 Å². The van der Waals surface area contributed by atoms with E-state index in [9.17, 15) is 68.1 Å². The Morgan fingerprint density at radius 3 is 1.68 bits per heavy atom. The lowest BCUT2D eigenvalue weighted by Crippen LogP contribution is -2.89. The number of nitrogens with zero attached hydrogens (tertiary/aromatic N) is 1. The summed E-state index contributed by atoms with van der Waals surface area (Å²) in [6.45, 7) is 11.0. The summed E-state index contributed by atoms with van der Waals surface area (Å²) in [7, 11) is 0. The van der Waals surface area contributed by atoms with Crippen LogP contribution in [-0.2, 0) is 59.2 Å². The van der Waals surface area contributed by atoms with Gasteiger partial charge in [0, 0.05) is 25.8 Å². The first-order chi connectivity index (χ1) is 39.6. The molecule has 2 fully saturated rings. The first-order valence-corrected chi connectivity index (χ1v) is 29.1. The molecule has 2 saturated heterocycles. The molecule has 0 aliphatic carbocycles. The molecule has 29 nitrogen and oxygen atoms in total. The fourth-order valence-corrected chi connectivity index (χ4v) is 9.94. The van der Waals surface area contributed by atoms with E-state index in [1.54, 1.807) is 58.0 Å². The number of nitrogens with two attached hydrogens (primary N) is 4. The van der Waals surface area contributed by atoms with Gasteiger partial charge in [-0.05, 0) is 95.6 Å². The lowest BCUT2D eigenvalue weighted by Gasteiger charge is -2.32. The van der Waals surface area contributed by atoms with Crippen LogP contribution in [0.2, 0.25) is 0 Å². The van der Waals surface area contributed by atoms with Crippen molar-refractivity contribution in [3.8, 4) is 0 Å². The van der Waals surface area contributed by atoms with Crippen molar-refractivity contribution in [2.75, 3.05) is 26.2 Å². The minimum absolute atomic E-state index is 0.0113. The summed E-state index contributed by atoms with van der Waals surface area (Å²) in [6, 6.07) is -4.75. The second kappa shape index (κ2) is 36.1. The molecule has 0 saturated carbocycles. The standard InChI is InChI=1S/C55H93N15O14/c1-29(2)25-37(48(77)67-40(54(83)84)27-33-15-8-7-9-16-33)64-49(78)39(28-42(57)73)65-47(76)38(26-30(3)4)66-51(80)43(31(5)71)69-52(81)44(32(6)72)68-50(79)41-20-14-24-70(41)53(82)36(19-13-23-61-55(58)59)63-46(75)35(17-10-11-21-56)62-45(74)34-18-12-22-60-34/h7-9,15-16,29-32,34-41,43-44,55,60-61,71-72H,10-14,17-28,56,58-59H2,1-6H3,(H2,57,73)(H,62,74)(H,63,75)(H,64,78)(H,65,76)(H,66,80)(H,67,77)(H,68,79)(H,69,81)(H,83,84)/p+2/t31-,32-,34+,35+,36+,37+,38+,39+,40+,41+,43+,44+/m1/s1. The molecule has 12 atom stereocenters. The van der Waals surface area contributed by atoms with Gasteiger partial charge in [-0.2, -0.15) is 0 Å². The van der Waals surface area contributed by atoms with Crippen molar-refractivity contribution in [1.29, 1.82) is 0 Å². The minimum Gasteiger partial charge on any atom is -0.480 e. The van der Waals surface area contributed by atoms with E-state index in [-0.39, 0.29) is 75.4 Å². The predicted octanol–water partition coefficient (Wildman–Crippen LogP) is -6.38. The Bertz CT molecular complexity index is 2360. The molecule has 1 aromatic carbocycles. The molecule has 0 spiro atoms. The first-order valence-electron chi connectivity index (χ1n) is 29.1. The van der Waals surface area contributed by atoms with Crippen LogP contribution in [0.5, 0.6) is 0 Å². The van der Waals surface area contributed by atoms with Gasteiger partial charge >= 0.3 is 5.97 Å². The molecule has 3 rings (SSSR count). The highest BCUT2D eigenvalue weighted by molar-refractivity contribution is 5.99. The summed E-state index contributed by atoms with van der Waals surface area (Å²) in [5, 5.41) is 56.8. The Morgan fingerprint density at radius 2 is 1.14 bits per heavy atom. The zero-order valence-corrected chi connectivity index (χ0v) is 49.4. The number of rotatable bonds is 37. The molecule has 23 N–H and O–H groups in total. The fourth-order valence-electron chi connectivity index (χ4n) is 9.94. The number of carbonyl (C=O) groups excluding carboxylic acids is 10. The lowest BCUT2D eigenvalue weighted by atomic mass is 10.00. The number of primary amides is 1. The van der Waals surface area contributed by atoms with E-state index in [2.05, 4.69) is 53.6 Å². The number of aliphatic hydroxyl groups excluding tert-OH is 2. The third-order valence-electron chi connectivity index (χ3n) is 14.4. The summed E-state index contributed by atoms with van der Waals surface area (Å²) in [5.41, 5.74) is 21.3. The van der Waals surface area contributed by atoms with E-state index in [1.807, 2.05) is 5.32 Å². The van der Waals surface area contributed by atoms with Gasteiger partial charge in [0.2, 0.25) is 53.2 Å². The van der Waals surface area contributed by atoms with Crippen molar-refractivity contribution in [3.63, 3.8) is 0 Å². The van der Waals surface area contributed by atoms with Crippen LogP contribution in [-0.4, -0.2) is 190 Å². The molecule has 84 heavy (non-hydrogen) atoms. The maximum Gasteiger partial charge on any atom is 0.326 e. The van der Waals surface area contributed by atoms with Crippen molar-refractivity contribution in [2.24, 2.45) is 29.0 Å². The number of likely N-dealkylation sites (tertiary alicyclic amines) is 1. The number of carboxylic acid groups (broad SMARTS) is 1. The van der Waals surface area contributed by atoms with E-state index in [0.29, 0.717) is 44.2 Å². The SMILES string of the molecule is CC(C)C[C@H](NC(=O)[C@H](CC(N)=O)NC(=O)[C@H](CC(C)C)NC(=O)[C@@H](NC(=O)[C@@H](NC(=O)[C@@H]1CCCN1C(=O)[C@H](CCCNC(N)N)NC(=O)[C@H](CCCC[NH3+])NC(=O)[C@@H]1CCC[NH2+]1)[C@@H](C)O)[C@@H](C)O)C(=O)N[C@@H](Cc1ccccc1)C(=O)O. The van der Waals surface area contributed by atoms with Crippen molar-refractivity contribution in [1.82, 2.24) is 52.8 Å². The van der Waals surface area contributed by atoms with Gasteiger partial charge in [0.15, 0.2) is 6.04 Å². The van der Waals surface area contributed by atoms with Crippen LogP contribution < -0.4 is 76.1 Å². The molecule has 2 heterocycles. The summed E-state index contributed by atoms with van der Waals surface area (Å²) < 4.78 is 0. The quantitative estimate of drug-likeness (QED) is 0.0218. The molecule has 472 valence electrons. The van der Waals surface area contributed by atoms with Gasteiger partial charge in [0.1, 0.15) is 60.7 Å². The van der Waals surface area contributed by atoms with Gasteiger partial charge in [-0.25, -0.2) is 4.79 Å². The molecule has 0 aromatic heterocycles. The number of carboxylic acids is 1. The number of hydrogen-bond donors (Lipinski definition) is 17. The van der Waals surface area contributed by atoms with Gasteiger partial charge < -0.3 is 91.0 Å². The highest BCUT2D eigenvalue weighted by atomic mass is 16.4. The molecule has 0 radical (unpaired) electrons. The number of amides is 10. The topological polar surface area (TPSA) is 482 Å². The van der Waals surface area contributed by atoms with Crippen LogP contribution in [0.1, 0.15) is 124 Å². The number of unbranched alkanes of at least 4 members (excludes halogenated alkanes) is 1. The van der Waals surface area contributed by atoms with E-state index < -0.39 is 138 Å². The van der Waals surface area contributed by atoms with Crippen molar-refractivity contribution >= 4 is 65.0 Å². The van der Waals surface area contributed by atoms with E-state index in [4.69, 9.17) is 17.2 Å². The second-order valence-corrected chi connectivity index (χ2v) is 22.7. The molecular formula is C55H95N15O14+2. The highest BCUT2D eigenvalue weighted by Crippen LogP contribution is 2.21. The zero-order chi connectivity index (χ0) is 62.8. The Morgan fingerprint density at radius 1 is 0.619 bits per heavy atom. The molecule has 1 aromatic rings. The maximum absolute atomic E-state index is 14.5. The summed E-state index contributed by atoms with van der Waals surface area (Å²) >= 11 is 0. The molecule has 2 aliphatic rings. The van der Waals surface area contributed by atoms with Gasteiger partial charge in [-0.1, -0.05) is 58.0 Å². The summed E-state index contributed by atoms with van der Waals surface area (Å²) in [6.07, 6.45) is -1.22. The third-order valence-corrected chi connectivity index (χ3v) is 14.4. The predicted molar refractivity (Wildman–Crippen MR) is 305 cm³/mol. The largest absolute Gasteiger partial charge is 0.480 e. The number of nitrogens with one attached hydrogen (secondary N) is 9. The van der Waals surface area contributed by atoms with Crippen molar-refractivity contribution in [2.45, 2.75) is 204 Å². The Hall–Kier alpha value is -6.89. The zero-order valence-electron chi connectivity index (χ0n) is 49.4. The number of aliphatic carboxylic acids is 1. The summed E-state index contributed by atoms with van der Waals surface area (Å²) in [5.74, 6) is -10.4. The van der Waals surface area contributed by atoms with Crippen LogP contribution in [0.4, 0.5) is 0 Å². The highest BCUT2D eigenvalue weighted by Gasteiger charge is 2.42. The van der Waals surface area contributed by atoms with Gasteiger partial charge in [-0.3, -0.25) is 53.3 Å². The van der Waals surface area contributed by atoms with E-state index in [1.165, 1.54) is 11.8 Å². The molecule has 2 aliphatic heterocycles. The molecule has 10 amide bonds. The number of hydrogen-bond acceptors (Lipinski definition) is 16. The van der Waals surface area contributed by atoms with Crippen molar-refractivity contribution < 1.29 is 79.1 Å². The Kier molecular flexibility index (Phi) is 30.6. The Balaban J connectivity index is 1.80. The molecule has 0 unspecified atom stereocenters. The number of carbonyl (C=O) groups is 11. The maximum atomic E-state index is 14.5. The lowest BCUT2D eigenvalue weighted by molar-refractivity contribution is -0.657. The van der Waals surface area contributed by atoms with Crippen LogP contribution >= 0.6 is 0 Å². The average molecular weight is 1190 g/mol. The van der Waals surface area contributed by atoms with Gasteiger partial charge in [-0.15, -0.1) is 0 Å². The van der Waals surface area contributed by atoms with Gasteiger partial charge in [0.05, 0.1) is 31.7 Å². The van der Waals surface area contributed by atoms with Crippen LogP contribution in [0, 0.1) is 11.8 Å². The fraction of sp³-hybridized carbons (Fsp3) is 0.691. The van der Waals surface area contributed by atoms with Crippen LogP contribution in [0.25, 0.3) is 0 Å². The minimum atomic E-state index is -1.84. The van der Waals surface area contributed by atoms with E-state index >= 15 is 0 Å². The summed E-state index contributed by atoms with van der Waals surface area (Å²) in [4.78, 5) is 151. The number of aliphatic hydroxyl groups is 2. The molecule has 0 bridgehead atoms. The van der Waals surface area contributed by atoms with Gasteiger partial charge in [0.25, 0.3) is 5.91 Å². The first kappa shape index (κ1) is 71.4. The number of benzene rings is 1. The molecule has 29 heteroatoms. The third kappa shape index (κ3) is 24.4. The smallest absolute Gasteiger partial charge is 0.326 e. The monoisotopic (exact) mass is 1190 g/mol.